The van der Waals surface area contributed by atoms with Crippen LogP contribution in [-0.4, -0.2) is 22.8 Å². The summed E-state index contributed by atoms with van der Waals surface area (Å²) in [6.07, 6.45) is -0.137. The summed E-state index contributed by atoms with van der Waals surface area (Å²) in [6, 6.07) is 5.31. The number of rotatable bonds is 2. The monoisotopic (exact) mass is 219 g/mol. The highest BCUT2D eigenvalue weighted by molar-refractivity contribution is 6.08. The first-order valence-corrected chi connectivity index (χ1v) is 4.73. The Bertz CT molecular complexity index is 481. The van der Waals surface area contributed by atoms with Gasteiger partial charge in [-0.1, -0.05) is 12.1 Å². The molecular formula is C11H9NO4. The highest BCUT2D eigenvalue weighted by Gasteiger charge is 2.31. The Morgan fingerprint density at radius 3 is 2.69 bits per heavy atom. The van der Waals surface area contributed by atoms with Crippen molar-refractivity contribution in [2.45, 2.75) is 12.5 Å². The van der Waals surface area contributed by atoms with Gasteiger partial charge >= 0.3 is 5.97 Å². The second-order valence-electron chi connectivity index (χ2n) is 3.57. The van der Waals surface area contributed by atoms with E-state index in [1.165, 1.54) is 12.1 Å². The van der Waals surface area contributed by atoms with Gasteiger partial charge in [-0.05, 0) is 17.7 Å². The summed E-state index contributed by atoms with van der Waals surface area (Å²) in [7, 11) is 0. The van der Waals surface area contributed by atoms with Crippen molar-refractivity contribution < 1.29 is 19.5 Å². The molecule has 1 aromatic carbocycles. The van der Waals surface area contributed by atoms with Crippen LogP contribution in [0.15, 0.2) is 24.3 Å². The summed E-state index contributed by atoms with van der Waals surface area (Å²) in [6.45, 7) is 0. The van der Waals surface area contributed by atoms with Crippen LogP contribution in [0.5, 0.6) is 0 Å². The number of ketones is 1. The molecule has 2 rings (SSSR count). The molecule has 0 aliphatic carbocycles. The zero-order valence-electron chi connectivity index (χ0n) is 8.27. The van der Waals surface area contributed by atoms with Crippen LogP contribution >= 0.6 is 0 Å². The number of amides is 1. The number of benzene rings is 1. The van der Waals surface area contributed by atoms with Crippen LogP contribution in [-0.2, 0) is 9.59 Å². The molecule has 82 valence electrons. The third-order valence-electron chi connectivity index (χ3n) is 2.43. The maximum atomic E-state index is 11.4. The lowest BCUT2D eigenvalue weighted by Crippen LogP contribution is -2.21. The Labute approximate surface area is 91.1 Å². The topological polar surface area (TPSA) is 83.5 Å². The number of Topliss-reactive ketones (excluding diaryl/α,β-unsaturated/α-hetero) is 1. The number of hydrogen-bond donors (Lipinski definition) is 2. The molecule has 1 fully saturated rings. The summed E-state index contributed by atoms with van der Waals surface area (Å²) in [5, 5.41) is 11.3. The standard InChI is InChI=1S/C11H9NO4/c13-8-5-9(14)12-10(8)6-2-1-3-7(4-6)11(15)16/h1-4,10H,5H2,(H,12,14)(H,15,16). The van der Waals surface area contributed by atoms with E-state index in [9.17, 15) is 14.4 Å². The number of nitrogens with one attached hydrogen (secondary N) is 1. The van der Waals surface area contributed by atoms with Crippen LogP contribution in [0, 0.1) is 0 Å². The van der Waals surface area contributed by atoms with Gasteiger partial charge in [0, 0.05) is 0 Å². The Morgan fingerprint density at radius 1 is 1.38 bits per heavy atom. The van der Waals surface area contributed by atoms with Gasteiger partial charge in [-0.2, -0.15) is 0 Å². The molecule has 1 aliphatic heterocycles. The number of hydrogen-bond acceptors (Lipinski definition) is 3. The Hall–Kier alpha value is -2.17. The lowest BCUT2D eigenvalue weighted by molar-refractivity contribution is -0.122. The second-order valence-corrected chi connectivity index (χ2v) is 3.57. The van der Waals surface area contributed by atoms with E-state index >= 15 is 0 Å². The first-order valence-electron chi connectivity index (χ1n) is 4.73. The highest BCUT2D eigenvalue weighted by Crippen LogP contribution is 2.21. The molecule has 1 aliphatic rings. The van der Waals surface area contributed by atoms with E-state index in [0.29, 0.717) is 5.56 Å². The van der Waals surface area contributed by atoms with Gasteiger partial charge in [0.1, 0.15) is 6.04 Å². The molecule has 0 radical (unpaired) electrons. The van der Waals surface area contributed by atoms with Crippen molar-refractivity contribution in [3.05, 3.63) is 35.4 Å². The van der Waals surface area contributed by atoms with Gasteiger partial charge in [-0.15, -0.1) is 0 Å². The minimum absolute atomic E-state index is 0.103. The molecule has 16 heavy (non-hydrogen) atoms. The summed E-state index contributed by atoms with van der Waals surface area (Å²) in [5.74, 6) is -1.61. The predicted octanol–water partition coefficient (Wildman–Crippen LogP) is 0.515. The smallest absolute Gasteiger partial charge is 0.335 e. The van der Waals surface area contributed by atoms with Crippen LogP contribution in [0.3, 0.4) is 0 Å². The van der Waals surface area contributed by atoms with E-state index in [1.54, 1.807) is 12.1 Å². The third-order valence-corrected chi connectivity index (χ3v) is 2.43. The van der Waals surface area contributed by atoms with Crippen molar-refractivity contribution in [2.75, 3.05) is 0 Å². The lowest BCUT2D eigenvalue weighted by Gasteiger charge is -2.09. The SMILES string of the molecule is O=C1CC(=O)C(c2cccc(C(=O)O)c2)N1. The second kappa shape index (κ2) is 3.77. The average Bonchev–Trinajstić information content (AvgIpc) is 2.58. The highest BCUT2D eigenvalue weighted by atomic mass is 16.4. The van der Waals surface area contributed by atoms with Crippen molar-refractivity contribution >= 4 is 17.7 Å². The van der Waals surface area contributed by atoms with Gasteiger partial charge in [-0.25, -0.2) is 4.79 Å². The van der Waals surface area contributed by atoms with E-state index < -0.39 is 12.0 Å². The summed E-state index contributed by atoms with van der Waals surface area (Å²) in [4.78, 5) is 33.2. The molecule has 2 N–H and O–H groups in total. The fourth-order valence-corrected chi connectivity index (χ4v) is 1.67. The molecule has 0 bridgehead atoms. The third kappa shape index (κ3) is 1.79. The molecule has 5 nitrogen and oxygen atoms in total. The molecule has 1 atom stereocenters. The zero-order valence-corrected chi connectivity index (χ0v) is 8.27. The van der Waals surface area contributed by atoms with Crippen LogP contribution in [0.4, 0.5) is 0 Å². The Balaban J connectivity index is 2.34. The number of carbonyl (C=O) groups excluding carboxylic acids is 2. The Kier molecular flexibility index (Phi) is 2.44. The maximum Gasteiger partial charge on any atom is 0.335 e. The molecule has 1 aromatic rings. The summed E-state index contributed by atoms with van der Waals surface area (Å²) < 4.78 is 0. The van der Waals surface area contributed by atoms with Crippen LogP contribution in [0.2, 0.25) is 0 Å². The lowest BCUT2D eigenvalue weighted by atomic mass is 10.0. The maximum absolute atomic E-state index is 11.4. The zero-order chi connectivity index (χ0) is 11.7. The number of carboxylic acid groups (broad SMARTS) is 1. The van der Waals surface area contributed by atoms with Crippen molar-refractivity contribution in [3.63, 3.8) is 0 Å². The molecule has 0 aromatic heterocycles. The number of carbonyl (C=O) groups is 3. The van der Waals surface area contributed by atoms with E-state index in [4.69, 9.17) is 5.11 Å². The van der Waals surface area contributed by atoms with E-state index in [-0.39, 0.29) is 23.7 Å². The minimum Gasteiger partial charge on any atom is -0.478 e. The summed E-state index contributed by atoms with van der Waals surface area (Å²) in [5.41, 5.74) is 0.613. The largest absolute Gasteiger partial charge is 0.478 e. The molecule has 1 heterocycles. The molecule has 1 amide bonds. The van der Waals surface area contributed by atoms with Gasteiger partial charge in [0.2, 0.25) is 5.91 Å². The summed E-state index contributed by atoms with van der Waals surface area (Å²) >= 11 is 0. The fraction of sp³-hybridized carbons (Fsp3) is 0.182. The van der Waals surface area contributed by atoms with Crippen molar-refractivity contribution in [2.24, 2.45) is 0 Å². The van der Waals surface area contributed by atoms with Gasteiger partial charge in [0.05, 0.1) is 12.0 Å². The van der Waals surface area contributed by atoms with Crippen LogP contribution < -0.4 is 5.32 Å². The van der Waals surface area contributed by atoms with Gasteiger partial charge in [-0.3, -0.25) is 9.59 Å². The van der Waals surface area contributed by atoms with Crippen molar-refractivity contribution in [1.29, 1.82) is 0 Å². The van der Waals surface area contributed by atoms with Crippen molar-refractivity contribution in [1.82, 2.24) is 5.32 Å². The predicted molar refractivity (Wildman–Crippen MR) is 53.9 cm³/mol. The average molecular weight is 219 g/mol. The van der Waals surface area contributed by atoms with Gasteiger partial charge in [0.15, 0.2) is 5.78 Å². The van der Waals surface area contributed by atoms with E-state index in [1.807, 2.05) is 0 Å². The van der Waals surface area contributed by atoms with Crippen LogP contribution in [0.1, 0.15) is 28.4 Å². The Morgan fingerprint density at radius 2 is 2.12 bits per heavy atom. The van der Waals surface area contributed by atoms with Crippen molar-refractivity contribution in [3.8, 4) is 0 Å². The molecule has 5 heteroatoms. The quantitative estimate of drug-likeness (QED) is 0.710. The minimum atomic E-state index is -1.06. The van der Waals surface area contributed by atoms with Gasteiger partial charge in [0.25, 0.3) is 0 Å². The first kappa shape index (κ1) is 10.4. The fourth-order valence-electron chi connectivity index (χ4n) is 1.67. The molecule has 1 saturated heterocycles. The van der Waals surface area contributed by atoms with Crippen LogP contribution in [0.25, 0.3) is 0 Å². The molecule has 0 saturated carbocycles. The van der Waals surface area contributed by atoms with E-state index in [0.717, 1.165) is 0 Å². The molecule has 0 spiro atoms. The number of carboxylic acids is 1. The van der Waals surface area contributed by atoms with Gasteiger partial charge < -0.3 is 10.4 Å². The van der Waals surface area contributed by atoms with E-state index in [2.05, 4.69) is 5.32 Å². The molecular weight excluding hydrogens is 210 g/mol. The normalized spacial score (nSPS) is 19.6. The first-order chi connectivity index (χ1) is 7.58. The molecule has 1 unspecified atom stereocenters. The number of aromatic carboxylic acids is 1.